The standard InChI is InChI=1S/C16H15ClO3S/c1-10(18)15-8-12(17)7-11(16(15)19)9-21-14-5-3-13(20-2)4-6-14/h3-8,19H,9H2,1-2H3. The molecule has 0 saturated heterocycles. The highest BCUT2D eigenvalue weighted by molar-refractivity contribution is 7.98. The zero-order valence-electron chi connectivity index (χ0n) is 11.7. The smallest absolute Gasteiger partial charge is 0.163 e. The Balaban J connectivity index is 2.17. The van der Waals surface area contributed by atoms with E-state index in [0.29, 0.717) is 16.3 Å². The lowest BCUT2D eigenvalue weighted by Crippen LogP contribution is -1.96. The molecule has 3 nitrogen and oxygen atoms in total. The number of rotatable bonds is 5. The first kappa shape index (κ1) is 15.7. The van der Waals surface area contributed by atoms with Crippen LogP contribution < -0.4 is 4.74 Å². The van der Waals surface area contributed by atoms with Crippen molar-refractivity contribution >= 4 is 29.1 Å². The minimum Gasteiger partial charge on any atom is -0.507 e. The highest BCUT2D eigenvalue weighted by Gasteiger charge is 2.13. The largest absolute Gasteiger partial charge is 0.507 e. The van der Waals surface area contributed by atoms with Gasteiger partial charge in [-0.05, 0) is 43.3 Å². The van der Waals surface area contributed by atoms with E-state index >= 15 is 0 Å². The maximum absolute atomic E-state index is 11.5. The number of ether oxygens (including phenoxy) is 1. The van der Waals surface area contributed by atoms with Crippen molar-refractivity contribution in [1.82, 2.24) is 0 Å². The van der Waals surface area contributed by atoms with Gasteiger partial charge in [0.05, 0.1) is 12.7 Å². The van der Waals surface area contributed by atoms with Crippen LogP contribution in [0.3, 0.4) is 0 Å². The number of phenols is 1. The minimum absolute atomic E-state index is 0.00733. The third-order valence-electron chi connectivity index (χ3n) is 2.99. The van der Waals surface area contributed by atoms with Crippen LogP contribution in [0.25, 0.3) is 0 Å². The molecule has 0 unspecified atom stereocenters. The molecule has 0 bridgehead atoms. The summed E-state index contributed by atoms with van der Waals surface area (Å²) in [4.78, 5) is 12.5. The van der Waals surface area contributed by atoms with Crippen molar-refractivity contribution in [2.45, 2.75) is 17.6 Å². The molecule has 0 atom stereocenters. The van der Waals surface area contributed by atoms with Gasteiger partial charge in [-0.1, -0.05) is 11.6 Å². The topological polar surface area (TPSA) is 46.5 Å². The van der Waals surface area contributed by atoms with Crippen molar-refractivity contribution in [2.24, 2.45) is 0 Å². The molecule has 0 fully saturated rings. The summed E-state index contributed by atoms with van der Waals surface area (Å²) in [5.74, 6) is 1.13. The summed E-state index contributed by atoms with van der Waals surface area (Å²) >= 11 is 7.55. The quantitative estimate of drug-likeness (QED) is 0.648. The SMILES string of the molecule is COc1ccc(SCc2cc(Cl)cc(C(C)=O)c2O)cc1. The number of halogens is 1. The van der Waals surface area contributed by atoms with Crippen LogP contribution >= 0.6 is 23.4 Å². The Bertz CT molecular complexity index is 653. The van der Waals surface area contributed by atoms with Crippen LogP contribution in [0.4, 0.5) is 0 Å². The van der Waals surface area contributed by atoms with E-state index in [1.54, 1.807) is 24.9 Å². The van der Waals surface area contributed by atoms with Gasteiger partial charge in [-0.2, -0.15) is 0 Å². The first-order chi connectivity index (χ1) is 10.0. The van der Waals surface area contributed by atoms with Gasteiger partial charge in [0.25, 0.3) is 0 Å². The molecule has 0 saturated carbocycles. The van der Waals surface area contributed by atoms with Gasteiger partial charge in [-0.25, -0.2) is 0 Å². The third-order valence-corrected chi connectivity index (χ3v) is 4.27. The van der Waals surface area contributed by atoms with Crippen LogP contribution in [0.5, 0.6) is 11.5 Å². The monoisotopic (exact) mass is 322 g/mol. The van der Waals surface area contributed by atoms with E-state index in [4.69, 9.17) is 16.3 Å². The fraction of sp³-hybridized carbons (Fsp3) is 0.188. The Morgan fingerprint density at radius 3 is 2.52 bits per heavy atom. The lowest BCUT2D eigenvalue weighted by atomic mass is 10.1. The van der Waals surface area contributed by atoms with Gasteiger partial charge in [-0.15, -0.1) is 11.8 Å². The average Bonchev–Trinajstić information content (AvgIpc) is 2.48. The number of methoxy groups -OCH3 is 1. The Labute approximate surface area is 132 Å². The summed E-state index contributed by atoms with van der Waals surface area (Å²) in [6.07, 6.45) is 0. The molecule has 1 N–H and O–H groups in total. The number of aromatic hydroxyl groups is 1. The molecule has 0 aliphatic rings. The zero-order valence-corrected chi connectivity index (χ0v) is 13.3. The molecule has 0 radical (unpaired) electrons. The van der Waals surface area contributed by atoms with E-state index in [0.717, 1.165) is 10.6 Å². The van der Waals surface area contributed by atoms with Gasteiger partial charge in [0.1, 0.15) is 11.5 Å². The van der Waals surface area contributed by atoms with E-state index in [1.165, 1.54) is 13.0 Å². The van der Waals surface area contributed by atoms with Crippen molar-refractivity contribution in [3.8, 4) is 11.5 Å². The van der Waals surface area contributed by atoms with Crippen molar-refractivity contribution in [2.75, 3.05) is 7.11 Å². The van der Waals surface area contributed by atoms with E-state index in [9.17, 15) is 9.90 Å². The Morgan fingerprint density at radius 1 is 1.29 bits per heavy atom. The molecule has 0 amide bonds. The van der Waals surface area contributed by atoms with Gasteiger partial charge in [0, 0.05) is 21.2 Å². The average molecular weight is 323 g/mol. The van der Waals surface area contributed by atoms with Crippen molar-refractivity contribution in [3.05, 3.63) is 52.5 Å². The van der Waals surface area contributed by atoms with Crippen LogP contribution in [0.1, 0.15) is 22.8 Å². The van der Waals surface area contributed by atoms with Crippen molar-refractivity contribution < 1.29 is 14.6 Å². The summed E-state index contributed by atoms with van der Waals surface area (Å²) in [6.45, 7) is 1.41. The van der Waals surface area contributed by atoms with Crippen LogP contribution in [0.2, 0.25) is 5.02 Å². The molecule has 110 valence electrons. The number of carbonyl (C=O) groups is 1. The van der Waals surface area contributed by atoms with Gasteiger partial charge < -0.3 is 9.84 Å². The number of thioether (sulfide) groups is 1. The first-order valence-electron chi connectivity index (χ1n) is 6.30. The summed E-state index contributed by atoms with van der Waals surface area (Å²) < 4.78 is 5.10. The fourth-order valence-electron chi connectivity index (χ4n) is 1.87. The Kier molecular flexibility index (Phi) is 5.15. The van der Waals surface area contributed by atoms with Gasteiger partial charge in [0.15, 0.2) is 5.78 Å². The predicted octanol–water partition coefficient (Wildman–Crippen LogP) is 4.55. The van der Waals surface area contributed by atoms with E-state index in [1.807, 2.05) is 24.3 Å². The molecule has 2 rings (SSSR count). The normalized spacial score (nSPS) is 10.4. The van der Waals surface area contributed by atoms with Crippen LogP contribution in [-0.2, 0) is 5.75 Å². The van der Waals surface area contributed by atoms with Gasteiger partial charge in [0.2, 0.25) is 0 Å². The number of Topliss-reactive ketones (excluding diaryl/α,β-unsaturated/α-hetero) is 1. The number of phenolic OH excluding ortho intramolecular Hbond substituents is 1. The molecule has 2 aromatic carbocycles. The van der Waals surface area contributed by atoms with Crippen molar-refractivity contribution in [3.63, 3.8) is 0 Å². The molecule has 0 spiro atoms. The molecule has 2 aromatic rings. The fourth-order valence-corrected chi connectivity index (χ4v) is 2.98. The van der Waals surface area contributed by atoms with E-state index < -0.39 is 0 Å². The Hall–Kier alpha value is -1.65. The maximum atomic E-state index is 11.5. The number of ketones is 1. The number of hydrogen-bond acceptors (Lipinski definition) is 4. The molecular weight excluding hydrogens is 308 g/mol. The van der Waals surface area contributed by atoms with Crippen molar-refractivity contribution in [1.29, 1.82) is 0 Å². The third kappa shape index (κ3) is 3.93. The molecule has 0 aliphatic heterocycles. The van der Waals surface area contributed by atoms with Crippen LogP contribution in [0.15, 0.2) is 41.3 Å². The molecule has 0 aromatic heterocycles. The summed E-state index contributed by atoms with van der Waals surface area (Å²) in [5.41, 5.74) is 0.904. The van der Waals surface area contributed by atoms with E-state index in [2.05, 4.69) is 0 Å². The lowest BCUT2D eigenvalue weighted by Gasteiger charge is -2.09. The summed E-state index contributed by atoms with van der Waals surface area (Å²) in [7, 11) is 1.62. The second-order valence-electron chi connectivity index (χ2n) is 4.48. The second-order valence-corrected chi connectivity index (χ2v) is 5.97. The maximum Gasteiger partial charge on any atom is 0.163 e. The zero-order chi connectivity index (χ0) is 15.4. The highest BCUT2D eigenvalue weighted by atomic mass is 35.5. The van der Waals surface area contributed by atoms with Crippen LogP contribution in [-0.4, -0.2) is 18.0 Å². The number of benzene rings is 2. The molecule has 21 heavy (non-hydrogen) atoms. The first-order valence-corrected chi connectivity index (χ1v) is 7.67. The molecular formula is C16H15ClO3S. The highest BCUT2D eigenvalue weighted by Crippen LogP contribution is 2.33. The number of carbonyl (C=O) groups excluding carboxylic acids is 1. The molecule has 5 heteroatoms. The minimum atomic E-state index is -0.203. The van der Waals surface area contributed by atoms with Gasteiger partial charge >= 0.3 is 0 Å². The summed E-state index contributed by atoms with van der Waals surface area (Å²) in [5, 5.41) is 10.6. The lowest BCUT2D eigenvalue weighted by molar-refractivity contribution is 0.101. The van der Waals surface area contributed by atoms with E-state index in [-0.39, 0.29) is 17.1 Å². The predicted molar refractivity (Wildman–Crippen MR) is 85.7 cm³/mol. The van der Waals surface area contributed by atoms with Gasteiger partial charge in [-0.3, -0.25) is 4.79 Å². The Morgan fingerprint density at radius 2 is 1.95 bits per heavy atom. The van der Waals surface area contributed by atoms with Crippen LogP contribution in [0, 0.1) is 0 Å². The second kappa shape index (κ2) is 6.87. The molecule has 0 heterocycles. The number of hydrogen-bond donors (Lipinski definition) is 1. The summed E-state index contributed by atoms with van der Waals surface area (Å²) in [6, 6.07) is 10.8. The molecule has 0 aliphatic carbocycles.